The zero-order valence-electron chi connectivity index (χ0n) is 26.3. The number of benzene rings is 2. The molecule has 0 spiro atoms. The van der Waals surface area contributed by atoms with E-state index in [1.54, 1.807) is 62.7 Å². The maximum absolute atomic E-state index is 11.9. The highest BCUT2D eigenvalue weighted by Gasteiger charge is 2.44. The Morgan fingerprint density at radius 3 is 2.50 bits per heavy atom. The smallest absolute Gasteiger partial charge is 0.352 e. The monoisotopic (exact) mass is 722 g/mol. The molecule has 1 saturated heterocycles. The van der Waals surface area contributed by atoms with Gasteiger partial charge in [0.05, 0.1) is 49.5 Å². The first-order valence-electron chi connectivity index (χ1n) is 14.5. The Bertz CT molecular complexity index is 1570. The molecule has 2 aromatic carbocycles. The maximum atomic E-state index is 11.9. The normalized spacial score (nSPS) is 15.8. The number of amidine groups is 1. The van der Waals surface area contributed by atoms with Crippen molar-refractivity contribution in [3.63, 3.8) is 0 Å². The van der Waals surface area contributed by atoms with Gasteiger partial charge in [0.25, 0.3) is 0 Å². The van der Waals surface area contributed by atoms with Crippen LogP contribution in [0, 0.1) is 0 Å². The van der Waals surface area contributed by atoms with E-state index in [-0.39, 0.29) is 30.2 Å². The molecule has 16 heteroatoms. The van der Waals surface area contributed by atoms with Gasteiger partial charge < -0.3 is 35.1 Å². The van der Waals surface area contributed by atoms with Crippen molar-refractivity contribution >= 4 is 70.6 Å². The molecule has 258 valence electrons. The van der Waals surface area contributed by atoms with E-state index in [1.165, 1.54) is 16.7 Å². The number of methoxy groups -OCH3 is 1. The molecule has 2 aromatic rings. The van der Waals surface area contributed by atoms with Gasteiger partial charge in [0.2, 0.25) is 11.8 Å². The van der Waals surface area contributed by atoms with Crippen molar-refractivity contribution in [2.24, 2.45) is 10.7 Å². The Balaban J connectivity index is 0.000000444. The topological polar surface area (TPSA) is 179 Å². The van der Waals surface area contributed by atoms with Crippen LogP contribution >= 0.6 is 35.0 Å². The lowest BCUT2D eigenvalue weighted by Gasteiger charge is -2.43. The molecule has 1 atom stereocenters. The van der Waals surface area contributed by atoms with Crippen LogP contribution in [0.5, 0.6) is 5.75 Å². The summed E-state index contributed by atoms with van der Waals surface area (Å²) in [5.74, 6) is -0.386. The molecule has 48 heavy (non-hydrogen) atoms. The molecule has 2 heterocycles. The van der Waals surface area contributed by atoms with Crippen LogP contribution in [-0.2, 0) is 28.6 Å². The quantitative estimate of drug-likeness (QED) is 0.0749. The van der Waals surface area contributed by atoms with Crippen molar-refractivity contribution < 1.29 is 43.2 Å². The summed E-state index contributed by atoms with van der Waals surface area (Å²) >= 11 is 13.8. The number of allylic oxidation sites excluding steroid dienone is 1. The van der Waals surface area contributed by atoms with Gasteiger partial charge in [0.1, 0.15) is 30.5 Å². The van der Waals surface area contributed by atoms with Gasteiger partial charge in [-0.2, -0.15) is 0 Å². The number of aliphatic carboxylic acids is 1. The van der Waals surface area contributed by atoms with Gasteiger partial charge in [0, 0.05) is 35.5 Å². The number of hydrogen-bond donors (Lipinski definition) is 3. The first kappa shape index (κ1) is 38.5. The number of aliphatic imine (C=N–C) groups is 1. The number of carboxylic acid groups (broad SMARTS) is 1. The second-order valence-electron chi connectivity index (χ2n) is 9.94. The molecule has 1 fully saturated rings. The molecular weight excluding hydrogens is 687 g/mol. The lowest BCUT2D eigenvalue weighted by molar-refractivity contribution is -0.146. The number of ether oxygens (including phenoxy) is 4. The van der Waals surface area contributed by atoms with Gasteiger partial charge >= 0.3 is 5.97 Å². The fourth-order valence-corrected chi connectivity index (χ4v) is 5.95. The number of carboxylic acids is 1. The molecule has 0 saturated carbocycles. The summed E-state index contributed by atoms with van der Waals surface area (Å²) in [5, 5.41) is 13.5. The van der Waals surface area contributed by atoms with Crippen molar-refractivity contribution in [3.05, 3.63) is 81.0 Å². The Kier molecular flexibility index (Phi) is 15.9. The van der Waals surface area contributed by atoms with Gasteiger partial charge in [0.15, 0.2) is 6.29 Å². The van der Waals surface area contributed by atoms with Crippen molar-refractivity contribution in [1.82, 2.24) is 4.90 Å². The van der Waals surface area contributed by atoms with Crippen LogP contribution in [0.2, 0.25) is 10.0 Å². The number of primary amides is 1. The van der Waals surface area contributed by atoms with Crippen molar-refractivity contribution in [2.45, 2.75) is 11.8 Å². The third kappa shape index (κ3) is 11.4. The van der Waals surface area contributed by atoms with Crippen LogP contribution in [0.4, 0.5) is 5.69 Å². The number of aldehydes is 1. The molecular formula is C32H36Cl2N4O9S. The number of thioether (sulfide) groups is 1. The highest BCUT2D eigenvalue weighted by molar-refractivity contribution is 8.00. The molecule has 0 aromatic heterocycles. The number of anilines is 1. The van der Waals surface area contributed by atoms with E-state index in [2.05, 4.69) is 10.3 Å². The summed E-state index contributed by atoms with van der Waals surface area (Å²) in [6.07, 6.45) is 4.43. The number of hydrogen-bond acceptors (Lipinski definition) is 10. The van der Waals surface area contributed by atoms with Crippen LogP contribution in [0.3, 0.4) is 0 Å². The number of rotatable bonds is 16. The average Bonchev–Trinajstić information content (AvgIpc) is 3.06. The number of fused-ring (bicyclic) bond motifs is 1. The Morgan fingerprint density at radius 2 is 1.83 bits per heavy atom. The Labute approximate surface area is 292 Å². The van der Waals surface area contributed by atoms with E-state index in [1.807, 2.05) is 0 Å². The van der Waals surface area contributed by atoms with E-state index < -0.39 is 11.9 Å². The highest BCUT2D eigenvalue weighted by atomic mass is 35.5. The number of carbonyl (C=O) groups is 4. The molecule has 0 radical (unpaired) electrons. The summed E-state index contributed by atoms with van der Waals surface area (Å²) < 4.78 is 20.6. The van der Waals surface area contributed by atoms with Crippen molar-refractivity contribution in [3.8, 4) is 5.75 Å². The largest absolute Gasteiger partial charge is 0.489 e. The number of amides is 2. The average molecular weight is 724 g/mol. The van der Waals surface area contributed by atoms with Crippen LogP contribution < -0.4 is 15.8 Å². The Hall–Kier alpha value is -3.92. The summed E-state index contributed by atoms with van der Waals surface area (Å²) in [5.41, 5.74) is 6.86. The predicted octanol–water partition coefficient (Wildman–Crippen LogP) is 4.02. The van der Waals surface area contributed by atoms with Gasteiger partial charge in [-0.3, -0.25) is 24.3 Å². The van der Waals surface area contributed by atoms with E-state index >= 15 is 0 Å². The van der Waals surface area contributed by atoms with Crippen LogP contribution in [0.1, 0.15) is 22.3 Å². The molecule has 4 rings (SSSR count). The SMILES string of the molecule is CN=C(Nc1ccc(Cl)cc1C=O)c1cc(Cl)ccc1OC/C=C/C1=C(C(=O)O)N2C(=O)CC2SC1.COCCOCCOCC(N)=O. The first-order chi connectivity index (χ1) is 23.1. The number of carbonyl (C=O) groups excluding carboxylic acids is 3. The summed E-state index contributed by atoms with van der Waals surface area (Å²) in [6, 6.07) is 9.94. The standard InChI is InChI=1S/C25H21Cl2N3O5S.C7H15NO4/c1-28-24(29-19-6-4-16(26)9-15(19)12-31)18-10-17(27)5-7-20(18)35-8-2-3-14-13-36-22-11-21(32)30(22)23(14)25(33)34;1-10-2-3-11-4-5-12-6-7(8)9/h2-7,9-10,12,22H,8,11,13H2,1H3,(H,28,29)(H,33,34);2-6H2,1H3,(H2,8,9)/b3-2+;. The van der Waals surface area contributed by atoms with Gasteiger partial charge in [-0.05, 0) is 48.0 Å². The molecule has 0 aliphatic carbocycles. The molecule has 1 unspecified atom stereocenters. The third-order valence-corrected chi connectivity index (χ3v) is 8.31. The minimum absolute atomic E-state index is 0.0250. The van der Waals surface area contributed by atoms with Gasteiger partial charge in [-0.25, -0.2) is 4.79 Å². The van der Waals surface area contributed by atoms with Gasteiger partial charge in [-0.1, -0.05) is 29.3 Å². The second-order valence-corrected chi connectivity index (χ2v) is 12.0. The van der Waals surface area contributed by atoms with Crippen LogP contribution in [-0.4, -0.2) is 105 Å². The summed E-state index contributed by atoms with van der Waals surface area (Å²) in [4.78, 5) is 51.0. The lowest BCUT2D eigenvalue weighted by atomic mass is 10.1. The second kappa shape index (κ2) is 19.8. The minimum Gasteiger partial charge on any atom is -0.489 e. The number of halogens is 2. The summed E-state index contributed by atoms with van der Waals surface area (Å²) in [6.45, 7) is 2.02. The van der Waals surface area contributed by atoms with Crippen molar-refractivity contribution in [2.75, 3.05) is 64.9 Å². The van der Waals surface area contributed by atoms with E-state index in [9.17, 15) is 24.3 Å². The minimum atomic E-state index is -1.12. The zero-order valence-corrected chi connectivity index (χ0v) is 28.6. The van der Waals surface area contributed by atoms with E-state index in [0.717, 1.165) is 0 Å². The summed E-state index contributed by atoms with van der Waals surface area (Å²) in [7, 11) is 3.20. The number of nitrogens with one attached hydrogen (secondary N) is 1. The van der Waals surface area contributed by atoms with Gasteiger partial charge in [-0.15, -0.1) is 11.8 Å². The maximum Gasteiger partial charge on any atom is 0.352 e. The fourth-order valence-electron chi connectivity index (χ4n) is 4.36. The number of nitrogens with zero attached hydrogens (tertiary/aromatic N) is 2. The molecule has 13 nitrogen and oxygen atoms in total. The first-order valence-corrected chi connectivity index (χ1v) is 16.3. The molecule has 2 aliphatic rings. The molecule has 2 amide bonds. The lowest BCUT2D eigenvalue weighted by Crippen LogP contribution is -2.53. The molecule has 2 aliphatic heterocycles. The predicted molar refractivity (Wildman–Crippen MR) is 184 cm³/mol. The zero-order chi connectivity index (χ0) is 35.1. The molecule has 4 N–H and O–H groups in total. The number of β-lactam (4-membered cyclic amide) rings is 1. The van der Waals surface area contributed by atoms with Crippen molar-refractivity contribution in [1.29, 1.82) is 0 Å². The van der Waals surface area contributed by atoms with Crippen LogP contribution in [0.25, 0.3) is 0 Å². The molecule has 0 bridgehead atoms. The van der Waals surface area contributed by atoms with E-state index in [0.29, 0.717) is 88.9 Å². The Morgan fingerprint density at radius 1 is 1.12 bits per heavy atom. The fraction of sp³-hybridized carbons (Fsp3) is 0.344. The highest BCUT2D eigenvalue weighted by Crippen LogP contribution is 2.40. The number of nitrogens with two attached hydrogens (primary N) is 1. The van der Waals surface area contributed by atoms with E-state index in [4.69, 9.17) is 47.9 Å². The third-order valence-electron chi connectivity index (χ3n) is 6.60. The van der Waals surface area contributed by atoms with Crippen LogP contribution in [0.15, 0.2) is 64.8 Å².